The number of benzene rings is 2. The van der Waals surface area contributed by atoms with Gasteiger partial charge in [0.25, 0.3) is 5.91 Å². The Balaban J connectivity index is 1.76. The molecule has 1 amide bonds. The molecule has 144 valence electrons. The van der Waals surface area contributed by atoms with Crippen LogP contribution in [0.25, 0.3) is 0 Å². The Hall–Kier alpha value is -3.05. The van der Waals surface area contributed by atoms with Crippen molar-refractivity contribution in [3.63, 3.8) is 0 Å². The lowest BCUT2D eigenvalue weighted by Gasteiger charge is -2.17. The third-order valence-corrected chi connectivity index (χ3v) is 4.46. The molecule has 5 nitrogen and oxygen atoms in total. The number of aromatic nitrogens is 1. The molecule has 0 aliphatic carbocycles. The van der Waals surface area contributed by atoms with Gasteiger partial charge in [-0.25, -0.2) is 4.98 Å². The fourth-order valence-electron chi connectivity index (χ4n) is 2.96. The van der Waals surface area contributed by atoms with Crippen LogP contribution >= 0.6 is 11.6 Å². The number of hydrogen-bond donors (Lipinski definition) is 2. The quantitative estimate of drug-likeness (QED) is 0.612. The molecule has 1 aromatic heterocycles. The number of nitrogen functional groups attached to an aromatic ring is 1. The predicted molar refractivity (Wildman–Crippen MR) is 113 cm³/mol. The first-order chi connectivity index (χ1) is 13.3. The molecule has 0 aliphatic heterocycles. The maximum atomic E-state index is 12.6. The third kappa shape index (κ3) is 4.81. The summed E-state index contributed by atoms with van der Waals surface area (Å²) in [5.74, 6) is 0.543. The molecule has 1 atom stereocenters. The molecule has 0 fully saturated rings. The van der Waals surface area contributed by atoms with Crippen LogP contribution in [-0.4, -0.2) is 10.9 Å². The number of rotatable bonds is 5. The maximum Gasteiger partial charge on any atom is 0.255 e. The van der Waals surface area contributed by atoms with Crippen molar-refractivity contribution >= 4 is 29.0 Å². The zero-order chi connectivity index (χ0) is 20.3. The van der Waals surface area contributed by atoms with E-state index in [2.05, 4.69) is 10.3 Å². The Morgan fingerprint density at radius 1 is 1.14 bits per heavy atom. The van der Waals surface area contributed by atoms with Gasteiger partial charge in [0.05, 0.1) is 5.02 Å². The van der Waals surface area contributed by atoms with Crippen LogP contribution < -0.4 is 15.8 Å². The Kier molecular flexibility index (Phi) is 5.85. The highest BCUT2D eigenvalue weighted by Gasteiger charge is 2.13. The van der Waals surface area contributed by atoms with Gasteiger partial charge in [-0.3, -0.25) is 4.79 Å². The second-order valence-electron chi connectivity index (χ2n) is 6.75. The topological polar surface area (TPSA) is 77.2 Å². The Bertz CT molecular complexity index is 1000. The molecule has 0 saturated carbocycles. The minimum absolute atomic E-state index is 0.152. The van der Waals surface area contributed by atoms with Gasteiger partial charge in [-0.15, -0.1) is 0 Å². The lowest BCUT2D eigenvalue weighted by molar-refractivity contribution is 0.102. The molecule has 6 heteroatoms. The van der Waals surface area contributed by atoms with Crippen LogP contribution in [0.5, 0.6) is 5.75 Å². The monoisotopic (exact) mass is 395 g/mol. The third-order valence-electron chi connectivity index (χ3n) is 4.25. The van der Waals surface area contributed by atoms with E-state index in [1.165, 1.54) is 6.20 Å². The van der Waals surface area contributed by atoms with E-state index in [9.17, 15) is 4.79 Å². The number of anilines is 2. The number of nitrogens with two attached hydrogens (primary N) is 1. The van der Waals surface area contributed by atoms with E-state index in [-0.39, 0.29) is 17.8 Å². The maximum absolute atomic E-state index is 12.6. The van der Waals surface area contributed by atoms with Crippen molar-refractivity contribution in [2.75, 3.05) is 11.1 Å². The number of nitrogens with zero attached hydrogens (tertiary/aromatic N) is 1. The molecular weight excluding hydrogens is 374 g/mol. The molecule has 0 radical (unpaired) electrons. The Morgan fingerprint density at radius 3 is 2.57 bits per heavy atom. The first kappa shape index (κ1) is 19.7. The van der Waals surface area contributed by atoms with Gasteiger partial charge in [0.1, 0.15) is 6.10 Å². The number of hydrogen-bond acceptors (Lipinski definition) is 4. The second-order valence-corrected chi connectivity index (χ2v) is 7.19. The molecule has 1 unspecified atom stereocenters. The summed E-state index contributed by atoms with van der Waals surface area (Å²) >= 11 is 5.96. The molecule has 0 spiro atoms. The summed E-state index contributed by atoms with van der Waals surface area (Å²) in [6.45, 7) is 5.84. The fraction of sp³-hybridized carbons (Fsp3) is 0.182. The zero-order valence-corrected chi connectivity index (χ0v) is 16.7. The summed E-state index contributed by atoms with van der Waals surface area (Å²) in [6, 6.07) is 14.9. The first-order valence-electron chi connectivity index (χ1n) is 8.89. The lowest BCUT2D eigenvalue weighted by Crippen LogP contribution is -2.13. The van der Waals surface area contributed by atoms with Gasteiger partial charge in [0.2, 0.25) is 0 Å². The lowest BCUT2D eigenvalue weighted by atomic mass is 10.1. The van der Waals surface area contributed by atoms with E-state index in [4.69, 9.17) is 22.1 Å². The van der Waals surface area contributed by atoms with Gasteiger partial charge >= 0.3 is 0 Å². The van der Waals surface area contributed by atoms with Crippen molar-refractivity contribution in [1.29, 1.82) is 0 Å². The van der Waals surface area contributed by atoms with Gasteiger partial charge in [0.15, 0.2) is 11.6 Å². The SMILES string of the molecule is Cc1cc(C)cc(C(=O)Nc2cccc(C(C)Oc3cc(Cl)cnc3N)c2)c1. The predicted octanol–water partition coefficient (Wildman–Crippen LogP) is 5.33. The fourth-order valence-corrected chi connectivity index (χ4v) is 3.11. The highest BCUT2D eigenvalue weighted by atomic mass is 35.5. The number of ether oxygens (including phenoxy) is 1. The Morgan fingerprint density at radius 2 is 1.86 bits per heavy atom. The standard InChI is InChI=1S/C22H22ClN3O2/c1-13-7-14(2)9-17(8-13)22(27)26-19-6-4-5-16(10-19)15(3)28-20-11-18(23)12-25-21(20)24/h4-12,15H,1-3H3,(H2,24,25)(H,26,27). The second kappa shape index (κ2) is 8.31. The van der Waals surface area contributed by atoms with E-state index >= 15 is 0 Å². The summed E-state index contributed by atoms with van der Waals surface area (Å²) < 4.78 is 5.90. The van der Waals surface area contributed by atoms with Crippen molar-refractivity contribution in [3.05, 3.63) is 82.0 Å². The highest BCUT2D eigenvalue weighted by molar-refractivity contribution is 6.30. The number of carbonyl (C=O) groups excluding carboxylic acids is 1. The van der Waals surface area contributed by atoms with Gasteiger partial charge in [0, 0.05) is 23.5 Å². The smallest absolute Gasteiger partial charge is 0.255 e. The van der Waals surface area contributed by atoms with Crippen molar-refractivity contribution in [3.8, 4) is 5.75 Å². The van der Waals surface area contributed by atoms with E-state index in [0.29, 0.717) is 22.0 Å². The molecule has 0 saturated heterocycles. The molecule has 28 heavy (non-hydrogen) atoms. The molecular formula is C22H22ClN3O2. The van der Waals surface area contributed by atoms with E-state index in [1.807, 2.05) is 63.2 Å². The molecule has 2 aromatic carbocycles. The van der Waals surface area contributed by atoms with Gasteiger partial charge in [-0.1, -0.05) is 40.9 Å². The minimum atomic E-state index is -0.305. The van der Waals surface area contributed by atoms with Crippen LogP contribution in [0.4, 0.5) is 11.5 Å². The number of pyridine rings is 1. The van der Waals surface area contributed by atoms with Crippen LogP contribution in [-0.2, 0) is 0 Å². The number of halogens is 1. The van der Waals surface area contributed by atoms with E-state index in [0.717, 1.165) is 16.7 Å². The molecule has 0 bridgehead atoms. The van der Waals surface area contributed by atoms with Crippen LogP contribution in [0.1, 0.15) is 40.1 Å². The van der Waals surface area contributed by atoms with E-state index in [1.54, 1.807) is 6.07 Å². The molecule has 3 rings (SSSR count). The summed E-state index contributed by atoms with van der Waals surface area (Å²) in [4.78, 5) is 16.6. The average molecular weight is 396 g/mol. The average Bonchev–Trinajstić information content (AvgIpc) is 2.64. The van der Waals surface area contributed by atoms with Crippen LogP contribution in [0.15, 0.2) is 54.7 Å². The van der Waals surface area contributed by atoms with Gasteiger partial charge in [-0.05, 0) is 50.6 Å². The van der Waals surface area contributed by atoms with Crippen LogP contribution in [0.3, 0.4) is 0 Å². The summed E-state index contributed by atoms with van der Waals surface area (Å²) in [6.07, 6.45) is 1.16. The Labute approximate surface area is 169 Å². The number of carbonyl (C=O) groups is 1. The van der Waals surface area contributed by atoms with Crippen molar-refractivity contribution < 1.29 is 9.53 Å². The summed E-state index contributed by atoms with van der Waals surface area (Å²) in [5.41, 5.74) is 10.2. The van der Waals surface area contributed by atoms with Crippen LogP contribution in [0, 0.1) is 13.8 Å². The van der Waals surface area contributed by atoms with Gasteiger partial charge in [-0.2, -0.15) is 0 Å². The minimum Gasteiger partial charge on any atom is -0.482 e. The normalized spacial score (nSPS) is 11.7. The van der Waals surface area contributed by atoms with Gasteiger partial charge < -0.3 is 15.8 Å². The van der Waals surface area contributed by atoms with Crippen molar-refractivity contribution in [2.24, 2.45) is 0 Å². The van der Waals surface area contributed by atoms with Crippen molar-refractivity contribution in [1.82, 2.24) is 4.98 Å². The molecule has 3 aromatic rings. The number of amides is 1. The highest BCUT2D eigenvalue weighted by Crippen LogP contribution is 2.29. The zero-order valence-electron chi connectivity index (χ0n) is 16.0. The largest absolute Gasteiger partial charge is 0.482 e. The van der Waals surface area contributed by atoms with Crippen molar-refractivity contribution in [2.45, 2.75) is 26.9 Å². The summed E-state index contributed by atoms with van der Waals surface area (Å²) in [5, 5.41) is 3.39. The van der Waals surface area contributed by atoms with Crippen LogP contribution in [0.2, 0.25) is 5.02 Å². The molecule has 3 N–H and O–H groups in total. The number of nitrogens with one attached hydrogen (secondary N) is 1. The number of aryl methyl sites for hydroxylation is 2. The molecule has 1 heterocycles. The molecule has 0 aliphatic rings. The summed E-state index contributed by atoms with van der Waals surface area (Å²) in [7, 11) is 0. The first-order valence-corrected chi connectivity index (χ1v) is 9.27. The van der Waals surface area contributed by atoms with E-state index < -0.39 is 0 Å².